The molecule has 8 heteroatoms. The zero-order valence-corrected chi connectivity index (χ0v) is 16.7. The minimum absolute atomic E-state index is 0.200. The van der Waals surface area contributed by atoms with Gasteiger partial charge >= 0.3 is 0 Å². The molecule has 3 N–H and O–H groups in total. The van der Waals surface area contributed by atoms with E-state index in [-0.39, 0.29) is 17.8 Å². The smallest absolute Gasteiger partial charge is 0.252 e. The summed E-state index contributed by atoms with van der Waals surface area (Å²) in [4.78, 5) is 21.5. The number of nitrogens with zero attached hydrogens (tertiary/aromatic N) is 3. The number of hydrogen-bond acceptors (Lipinski definition) is 4. The molecule has 2 aromatic rings. The van der Waals surface area contributed by atoms with Crippen molar-refractivity contribution in [3.63, 3.8) is 0 Å². The van der Waals surface area contributed by atoms with Gasteiger partial charge in [0.15, 0.2) is 6.19 Å². The summed E-state index contributed by atoms with van der Waals surface area (Å²) in [6.45, 7) is 0. The van der Waals surface area contributed by atoms with E-state index in [0.29, 0.717) is 16.3 Å². The predicted octanol–water partition coefficient (Wildman–Crippen LogP) is 3.91. The highest BCUT2D eigenvalue weighted by Gasteiger charge is 2.26. The van der Waals surface area contributed by atoms with Crippen LogP contribution in [0.1, 0.15) is 42.5 Å². The number of aromatic nitrogens is 1. The molecular formula is C21H23ClN6O. The maximum Gasteiger partial charge on any atom is 0.252 e. The quantitative estimate of drug-likeness (QED) is 0.300. The van der Waals surface area contributed by atoms with E-state index in [1.54, 1.807) is 42.7 Å². The molecule has 150 valence electrons. The zero-order valence-electron chi connectivity index (χ0n) is 15.9. The third kappa shape index (κ3) is 6.19. The van der Waals surface area contributed by atoms with Gasteiger partial charge in [0.2, 0.25) is 5.96 Å². The number of aliphatic imine (C=N–C) groups is 1. The normalized spacial score (nSPS) is 15.8. The lowest BCUT2D eigenvalue weighted by atomic mass is 9.87. The summed E-state index contributed by atoms with van der Waals surface area (Å²) >= 11 is 5.92. The number of guanidine groups is 1. The number of nitrogens with one attached hydrogen (secondary N) is 3. The lowest BCUT2D eigenvalue weighted by Gasteiger charge is -2.29. The number of nitriles is 1. The Morgan fingerprint density at radius 3 is 2.62 bits per heavy atom. The molecule has 3 rings (SSSR count). The number of carbonyl (C=O) groups excluding carboxylic acids is 1. The highest BCUT2D eigenvalue weighted by atomic mass is 35.5. The van der Waals surface area contributed by atoms with Gasteiger partial charge in [0.1, 0.15) is 6.17 Å². The molecule has 1 saturated carbocycles. The molecule has 1 aromatic heterocycles. The Balaban J connectivity index is 1.82. The van der Waals surface area contributed by atoms with Gasteiger partial charge in [-0.25, -0.2) is 4.99 Å². The molecule has 0 aliphatic heterocycles. The molecule has 29 heavy (non-hydrogen) atoms. The van der Waals surface area contributed by atoms with Gasteiger partial charge in [-0.1, -0.05) is 30.9 Å². The van der Waals surface area contributed by atoms with Crippen molar-refractivity contribution in [1.29, 1.82) is 5.26 Å². The number of anilines is 1. The standard InChI is InChI=1S/C21H23ClN6O/c22-17-10-8-16(9-11-17)20(29)27-19(15-5-2-1-3-6-15)28-21(25-14-23)26-18-7-4-12-24-13-18/h4,7-13,15,19H,1-3,5-6H2,(H,27,29)(H2,25,26,28). The number of carbonyl (C=O) groups is 1. The van der Waals surface area contributed by atoms with Crippen molar-refractivity contribution < 1.29 is 4.79 Å². The predicted molar refractivity (Wildman–Crippen MR) is 113 cm³/mol. The van der Waals surface area contributed by atoms with Gasteiger partial charge in [-0.15, -0.1) is 0 Å². The van der Waals surface area contributed by atoms with Gasteiger partial charge in [0.25, 0.3) is 5.91 Å². The molecule has 1 aliphatic rings. The molecule has 1 heterocycles. The van der Waals surface area contributed by atoms with E-state index in [9.17, 15) is 4.79 Å². The highest BCUT2D eigenvalue weighted by Crippen LogP contribution is 2.27. The first-order chi connectivity index (χ1) is 14.2. The highest BCUT2D eigenvalue weighted by molar-refractivity contribution is 6.30. The maximum atomic E-state index is 12.8. The summed E-state index contributed by atoms with van der Waals surface area (Å²) in [5.74, 6) is 0.248. The molecular weight excluding hydrogens is 388 g/mol. The van der Waals surface area contributed by atoms with Crippen molar-refractivity contribution in [1.82, 2.24) is 15.6 Å². The summed E-state index contributed by atoms with van der Waals surface area (Å²) in [7, 11) is 0. The third-order valence-electron chi connectivity index (χ3n) is 4.85. The zero-order chi connectivity index (χ0) is 20.5. The summed E-state index contributed by atoms with van der Waals surface area (Å²) in [6.07, 6.45) is 10.1. The lowest BCUT2D eigenvalue weighted by Crippen LogP contribution is -2.42. The second-order valence-corrected chi connectivity index (χ2v) is 7.34. The van der Waals surface area contributed by atoms with Crippen LogP contribution in [-0.4, -0.2) is 23.0 Å². The number of amides is 1. The molecule has 0 radical (unpaired) electrons. The minimum Gasteiger partial charge on any atom is -0.330 e. The van der Waals surface area contributed by atoms with E-state index in [2.05, 4.69) is 25.9 Å². The Hall–Kier alpha value is -3.11. The molecule has 7 nitrogen and oxygen atoms in total. The first kappa shape index (κ1) is 20.6. The van der Waals surface area contributed by atoms with E-state index in [0.717, 1.165) is 25.7 Å². The Labute approximate surface area is 175 Å². The average molecular weight is 411 g/mol. The Bertz CT molecular complexity index is 872. The first-order valence-corrected chi connectivity index (χ1v) is 10.00. The van der Waals surface area contributed by atoms with Gasteiger partial charge in [-0.05, 0) is 55.2 Å². The van der Waals surface area contributed by atoms with E-state index >= 15 is 0 Å². The molecule has 1 amide bonds. The minimum atomic E-state index is -0.460. The third-order valence-corrected chi connectivity index (χ3v) is 5.10. The van der Waals surface area contributed by atoms with E-state index in [1.165, 1.54) is 6.42 Å². The number of benzene rings is 1. The fourth-order valence-corrected chi connectivity index (χ4v) is 3.51. The molecule has 1 aliphatic carbocycles. The fraction of sp³-hybridized carbons (Fsp3) is 0.333. The molecule has 1 unspecified atom stereocenters. The maximum absolute atomic E-state index is 12.8. The van der Waals surface area contributed by atoms with Crippen LogP contribution < -0.4 is 16.0 Å². The Morgan fingerprint density at radius 2 is 1.97 bits per heavy atom. The van der Waals surface area contributed by atoms with Crippen LogP contribution in [0.3, 0.4) is 0 Å². The van der Waals surface area contributed by atoms with Crippen LogP contribution in [0.25, 0.3) is 0 Å². The fourth-order valence-electron chi connectivity index (χ4n) is 3.39. The van der Waals surface area contributed by atoms with E-state index < -0.39 is 6.17 Å². The van der Waals surface area contributed by atoms with Crippen LogP contribution in [-0.2, 0) is 0 Å². The number of rotatable bonds is 5. The van der Waals surface area contributed by atoms with Crippen LogP contribution in [0, 0.1) is 17.4 Å². The molecule has 1 aromatic carbocycles. The van der Waals surface area contributed by atoms with Crippen LogP contribution >= 0.6 is 11.6 Å². The van der Waals surface area contributed by atoms with Crippen molar-refractivity contribution in [2.75, 3.05) is 5.32 Å². The van der Waals surface area contributed by atoms with Gasteiger partial charge in [-0.2, -0.15) is 5.26 Å². The van der Waals surface area contributed by atoms with Crippen LogP contribution in [0.2, 0.25) is 5.02 Å². The number of halogens is 1. The van der Waals surface area contributed by atoms with E-state index in [4.69, 9.17) is 16.9 Å². The van der Waals surface area contributed by atoms with Crippen molar-refractivity contribution >= 4 is 29.2 Å². The second kappa shape index (κ2) is 10.4. The molecule has 1 atom stereocenters. The topological polar surface area (TPSA) is 102 Å². The van der Waals surface area contributed by atoms with E-state index in [1.807, 2.05) is 12.3 Å². The summed E-state index contributed by atoms with van der Waals surface area (Å²) in [5.41, 5.74) is 1.21. The SMILES string of the molecule is N#CNC(=NC(NC(=O)c1ccc(Cl)cc1)C1CCCCC1)Nc1cccnc1. The van der Waals surface area contributed by atoms with Gasteiger partial charge in [-0.3, -0.25) is 15.1 Å². The molecule has 0 spiro atoms. The van der Waals surface area contributed by atoms with Crippen molar-refractivity contribution in [2.24, 2.45) is 10.9 Å². The second-order valence-electron chi connectivity index (χ2n) is 6.90. The largest absolute Gasteiger partial charge is 0.330 e. The summed E-state index contributed by atoms with van der Waals surface area (Å²) < 4.78 is 0. The molecule has 0 saturated heterocycles. The number of hydrogen-bond donors (Lipinski definition) is 3. The lowest BCUT2D eigenvalue weighted by molar-refractivity contribution is 0.0916. The average Bonchev–Trinajstić information content (AvgIpc) is 2.75. The monoisotopic (exact) mass is 410 g/mol. The Kier molecular flexibility index (Phi) is 7.42. The van der Waals surface area contributed by atoms with Crippen LogP contribution in [0.5, 0.6) is 0 Å². The van der Waals surface area contributed by atoms with Crippen LogP contribution in [0.4, 0.5) is 5.69 Å². The van der Waals surface area contributed by atoms with Crippen molar-refractivity contribution in [3.8, 4) is 6.19 Å². The van der Waals surface area contributed by atoms with Crippen molar-refractivity contribution in [3.05, 3.63) is 59.4 Å². The van der Waals surface area contributed by atoms with Gasteiger partial charge in [0.05, 0.1) is 11.9 Å². The summed E-state index contributed by atoms with van der Waals surface area (Å²) in [5, 5.41) is 18.3. The summed E-state index contributed by atoms with van der Waals surface area (Å²) in [6, 6.07) is 10.3. The van der Waals surface area contributed by atoms with Gasteiger partial charge in [0, 0.05) is 16.8 Å². The Morgan fingerprint density at radius 1 is 1.21 bits per heavy atom. The first-order valence-electron chi connectivity index (χ1n) is 9.62. The molecule has 1 fully saturated rings. The van der Waals surface area contributed by atoms with Crippen LogP contribution in [0.15, 0.2) is 53.8 Å². The number of pyridine rings is 1. The van der Waals surface area contributed by atoms with Gasteiger partial charge < -0.3 is 10.6 Å². The van der Waals surface area contributed by atoms with Crippen molar-refractivity contribution in [2.45, 2.75) is 38.3 Å². The molecule has 0 bridgehead atoms.